The molecule has 2 fully saturated rings. The molecule has 16 heavy (non-hydrogen) atoms. The molecule has 0 amide bonds. The van der Waals surface area contributed by atoms with Crippen molar-refractivity contribution in [3.63, 3.8) is 0 Å². The van der Waals surface area contributed by atoms with Crippen LogP contribution in [-0.4, -0.2) is 31.1 Å². The number of nitrogens with one attached hydrogen (secondary N) is 1. The molecule has 2 bridgehead atoms. The predicted molar refractivity (Wildman–Crippen MR) is 66.9 cm³/mol. The van der Waals surface area contributed by atoms with E-state index in [0.717, 1.165) is 5.92 Å². The highest BCUT2D eigenvalue weighted by Gasteiger charge is 2.49. The van der Waals surface area contributed by atoms with Crippen LogP contribution in [0.15, 0.2) is 11.4 Å². The smallest absolute Gasteiger partial charge is 0.0499 e. The van der Waals surface area contributed by atoms with Gasteiger partial charge in [-0.15, -0.1) is 11.3 Å². The largest absolute Gasteiger partial charge is 0.307 e. The van der Waals surface area contributed by atoms with Gasteiger partial charge in [0.2, 0.25) is 0 Å². The molecule has 1 aromatic rings. The van der Waals surface area contributed by atoms with Gasteiger partial charge in [0.25, 0.3) is 0 Å². The Morgan fingerprint density at radius 2 is 2.44 bits per heavy atom. The van der Waals surface area contributed by atoms with Gasteiger partial charge in [-0.05, 0) is 48.7 Å². The number of hydrogen-bond donors (Lipinski definition) is 1. The van der Waals surface area contributed by atoms with E-state index in [0.29, 0.717) is 5.54 Å². The van der Waals surface area contributed by atoms with Crippen molar-refractivity contribution in [1.29, 1.82) is 0 Å². The summed E-state index contributed by atoms with van der Waals surface area (Å²) in [7, 11) is 0. The SMILES string of the molecule is c1cc2c(s1)CCNC21CCN2CCC1C2. The molecule has 1 N–H and O–H groups in total. The van der Waals surface area contributed by atoms with E-state index in [4.69, 9.17) is 0 Å². The molecule has 1 aromatic heterocycles. The molecule has 3 aliphatic rings. The quantitative estimate of drug-likeness (QED) is 0.736. The summed E-state index contributed by atoms with van der Waals surface area (Å²) in [6, 6.07) is 2.39. The molecule has 0 aliphatic carbocycles. The van der Waals surface area contributed by atoms with E-state index in [2.05, 4.69) is 21.7 Å². The van der Waals surface area contributed by atoms with Gasteiger partial charge in [-0.1, -0.05) is 0 Å². The Morgan fingerprint density at radius 3 is 3.44 bits per heavy atom. The topological polar surface area (TPSA) is 15.3 Å². The van der Waals surface area contributed by atoms with Crippen LogP contribution >= 0.6 is 11.3 Å². The van der Waals surface area contributed by atoms with Crippen LogP contribution in [0.5, 0.6) is 0 Å². The van der Waals surface area contributed by atoms with Crippen molar-refractivity contribution >= 4 is 11.3 Å². The number of rotatable bonds is 0. The third-order valence-electron chi connectivity index (χ3n) is 4.81. The van der Waals surface area contributed by atoms with Gasteiger partial charge < -0.3 is 10.2 Å². The highest BCUT2D eigenvalue weighted by molar-refractivity contribution is 7.10. The molecule has 0 aromatic carbocycles. The first-order valence-electron chi connectivity index (χ1n) is 6.43. The van der Waals surface area contributed by atoms with E-state index in [-0.39, 0.29) is 0 Å². The molecule has 86 valence electrons. The van der Waals surface area contributed by atoms with Crippen molar-refractivity contribution in [2.45, 2.75) is 24.8 Å². The highest BCUT2D eigenvalue weighted by atomic mass is 32.1. The number of piperidine rings is 1. The molecule has 3 aliphatic heterocycles. The minimum absolute atomic E-state index is 0.348. The molecule has 3 heteroatoms. The van der Waals surface area contributed by atoms with E-state index in [1.54, 1.807) is 10.4 Å². The average Bonchev–Trinajstić information content (AvgIpc) is 2.93. The Balaban J connectivity index is 1.82. The Kier molecular flexibility index (Phi) is 1.99. The molecule has 3 unspecified atom stereocenters. The summed E-state index contributed by atoms with van der Waals surface area (Å²) in [6.45, 7) is 5.12. The molecule has 3 atom stereocenters. The summed E-state index contributed by atoms with van der Waals surface area (Å²) < 4.78 is 0. The minimum Gasteiger partial charge on any atom is -0.307 e. The summed E-state index contributed by atoms with van der Waals surface area (Å²) in [5.41, 5.74) is 2.00. The molecular formula is C13H18N2S. The van der Waals surface area contributed by atoms with Gasteiger partial charge in [-0.25, -0.2) is 0 Å². The first-order chi connectivity index (χ1) is 7.88. The van der Waals surface area contributed by atoms with E-state index in [9.17, 15) is 0 Å². The monoisotopic (exact) mass is 234 g/mol. The highest BCUT2D eigenvalue weighted by Crippen LogP contribution is 2.46. The van der Waals surface area contributed by atoms with Gasteiger partial charge in [-0.3, -0.25) is 0 Å². The molecule has 0 radical (unpaired) electrons. The lowest BCUT2D eigenvalue weighted by Crippen LogP contribution is -2.56. The van der Waals surface area contributed by atoms with Gasteiger partial charge in [-0.2, -0.15) is 0 Å². The average molecular weight is 234 g/mol. The fourth-order valence-corrected chi connectivity index (χ4v) is 4.96. The van der Waals surface area contributed by atoms with E-state index < -0.39 is 0 Å². The fraction of sp³-hybridized carbons (Fsp3) is 0.692. The van der Waals surface area contributed by atoms with Gasteiger partial charge in [0.1, 0.15) is 0 Å². The van der Waals surface area contributed by atoms with Crippen LogP contribution in [0.4, 0.5) is 0 Å². The maximum absolute atomic E-state index is 3.88. The maximum Gasteiger partial charge on any atom is 0.0499 e. The zero-order valence-corrected chi connectivity index (χ0v) is 10.4. The van der Waals surface area contributed by atoms with Crippen LogP contribution < -0.4 is 5.32 Å². The predicted octanol–water partition coefficient (Wildman–Crippen LogP) is 1.81. The van der Waals surface area contributed by atoms with Crippen LogP contribution in [0, 0.1) is 5.92 Å². The molecule has 2 nitrogen and oxygen atoms in total. The Bertz CT molecular complexity index is 414. The molecular weight excluding hydrogens is 216 g/mol. The van der Waals surface area contributed by atoms with Gasteiger partial charge in [0, 0.05) is 30.1 Å². The number of hydrogen-bond acceptors (Lipinski definition) is 3. The summed E-state index contributed by atoms with van der Waals surface area (Å²) in [5.74, 6) is 0.856. The first-order valence-corrected chi connectivity index (χ1v) is 7.31. The van der Waals surface area contributed by atoms with Crippen LogP contribution in [0.1, 0.15) is 23.3 Å². The third-order valence-corrected chi connectivity index (χ3v) is 5.79. The van der Waals surface area contributed by atoms with Crippen LogP contribution in [-0.2, 0) is 12.0 Å². The first kappa shape index (κ1) is 9.63. The van der Waals surface area contributed by atoms with Crippen molar-refractivity contribution in [3.05, 3.63) is 21.9 Å². The lowest BCUT2D eigenvalue weighted by atomic mass is 9.72. The molecule has 4 rings (SSSR count). The second-order valence-electron chi connectivity index (χ2n) is 5.44. The van der Waals surface area contributed by atoms with E-state index >= 15 is 0 Å². The summed E-state index contributed by atoms with van der Waals surface area (Å²) in [5, 5.41) is 6.18. The van der Waals surface area contributed by atoms with Crippen LogP contribution in [0.3, 0.4) is 0 Å². The second-order valence-corrected chi connectivity index (χ2v) is 6.44. The molecule has 0 saturated carbocycles. The molecule has 4 heterocycles. The van der Waals surface area contributed by atoms with Gasteiger partial charge in [0.15, 0.2) is 0 Å². The number of nitrogens with zero attached hydrogens (tertiary/aromatic N) is 1. The van der Waals surface area contributed by atoms with Crippen LogP contribution in [0.25, 0.3) is 0 Å². The lowest BCUT2D eigenvalue weighted by Gasteiger charge is -2.46. The van der Waals surface area contributed by atoms with E-state index in [1.807, 2.05) is 11.3 Å². The summed E-state index contributed by atoms with van der Waals surface area (Å²) in [6.07, 6.45) is 3.95. The Morgan fingerprint density at radius 1 is 1.44 bits per heavy atom. The minimum atomic E-state index is 0.348. The van der Waals surface area contributed by atoms with Gasteiger partial charge >= 0.3 is 0 Å². The zero-order valence-electron chi connectivity index (χ0n) is 9.54. The number of fused-ring (bicyclic) bond motifs is 5. The summed E-state index contributed by atoms with van der Waals surface area (Å²) in [4.78, 5) is 4.29. The second kappa shape index (κ2) is 3.31. The van der Waals surface area contributed by atoms with Crippen molar-refractivity contribution in [2.24, 2.45) is 5.92 Å². The summed E-state index contributed by atoms with van der Waals surface area (Å²) >= 11 is 1.97. The van der Waals surface area contributed by atoms with Gasteiger partial charge in [0.05, 0.1) is 0 Å². The van der Waals surface area contributed by atoms with Crippen molar-refractivity contribution < 1.29 is 0 Å². The lowest BCUT2D eigenvalue weighted by molar-refractivity contribution is 0.124. The fourth-order valence-electron chi connectivity index (χ4n) is 3.99. The Labute approximate surface area is 101 Å². The van der Waals surface area contributed by atoms with Crippen molar-refractivity contribution in [1.82, 2.24) is 10.2 Å². The molecule has 1 spiro atoms. The van der Waals surface area contributed by atoms with E-state index in [1.165, 1.54) is 45.4 Å². The normalized spacial score (nSPS) is 41.2. The van der Waals surface area contributed by atoms with Crippen molar-refractivity contribution in [2.75, 3.05) is 26.2 Å². The van der Waals surface area contributed by atoms with Crippen LogP contribution in [0.2, 0.25) is 0 Å². The Hall–Kier alpha value is -0.380. The maximum atomic E-state index is 3.88. The zero-order chi connectivity index (χ0) is 10.6. The molecule has 2 saturated heterocycles. The van der Waals surface area contributed by atoms with Crippen molar-refractivity contribution in [3.8, 4) is 0 Å². The third kappa shape index (κ3) is 1.14. The standard InChI is InChI=1S/C13H18N2S/c1-5-14-13(11-3-8-16-12(1)11)4-7-15-6-2-10(13)9-15/h3,8,10,14H,1-2,4-7,9H2. The number of thiophene rings is 1.